The van der Waals surface area contributed by atoms with Crippen molar-refractivity contribution >= 4 is 17.5 Å². The Kier molecular flexibility index (Phi) is 9.99. The smallest absolute Gasteiger partial charge is 0.368 e. The van der Waals surface area contributed by atoms with Gasteiger partial charge in [-0.15, -0.1) is 0 Å². The molecule has 0 N–H and O–H groups in total. The number of carbonyl (C=O) groups excluding carboxylic acids is 1. The molecule has 234 valence electrons. The van der Waals surface area contributed by atoms with Crippen molar-refractivity contribution in [3.63, 3.8) is 0 Å². The minimum atomic E-state index is -4.50. The molecule has 0 bridgehead atoms. The number of benzene rings is 4. The number of ether oxygens (including phenoxy) is 5. The first-order valence-corrected chi connectivity index (χ1v) is 15.4. The molecule has 0 aromatic heterocycles. The molecule has 2 aliphatic heterocycles. The largest absolute Gasteiger partial charge is 0.416 e. The van der Waals surface area contributed by atoms with Gasteiger partial charge >= 0.3 is 6.18 Å². The van der Waals surface area contributed by atoms with Gasteiger partial charge < -0.3 is 23.7 Å². The van der Waals surface area contributed by atoms with E-state index in [1.807, 2.05) is 91.0 Å². The van der Waals surface area contributed by atoms with Crippen LogP contribution in [-0.4, -0.2) is 48.8 Å². The summed E-state index contributed by atoms with van der Waals surface area (Å²) in [7, 11) is 0. The summed E-state index contributed by atoms with van der Waals surface area (Å²) in [5.41, 5.74) is 0.450. The molecule has 2 fully saturated rings. The van der Waals surface area contributed by atoms with E-state index in [-0.39, 0.29) is 18.8 Å². The number of halogens is 3. The van der Waals surface area contributed by atoms with Crippen LogP contribution in [0.1, 0.15) is 33.3 Å². The zero-order valence-electron chi connectivity index (χ0n) is 24.0. The highest BCUT2D eigenvalue weighted by atomic mass is 32.2. The highest BCUT2D eigenvalue weighted by Gasteiger charge is 2.51. The van der Waals surface area contributed by atoms with Gasteiger partial charge in [-0.05, 0) is 29.8 Å². The Balaban J connectivity index is 1.28. The van der Waals surface area contributed by atoms with Gasteiger partial charge in [-0.1, -0.05) is 103 Å². The molecule has 0 spiro atoms. The molecule has 2 heterocycles. The van der Waals surface area contributed by atoms with Crippen LogP contribution >= 0.6 is 11.8 Å². The van der Waals surface area contributed by atoms with E-state index < -0.39 is 60.3 Å². The van der Waals surface area contributed by atoms with E-state index in [4.69, 9.17) is 23.7 Å². The normalized spacial score (nSPS) is 25.0. The molecule has 1 unspecified atom stereocenters. The first-order valence-electron chi connectivity index (χ1n) is 14.5. The molecule has 2 aliphatic rings. The molecule has 0 radical (unpaired) electrons. The molecule has 6 rings (SSSR count). The number of ketones is 1. The van der Waals surface area contributed by atoms with E-state index in [1.54, 1.807) is 0 Å². The summed E-state index contributed by atoms with van der Waals surface area (Å²) < 4.78 is 71.2. The maximum Gasteiger partial charge on any atom is 0.416 e. The van der Waals surface area contributed by atoms with Gasteiger partial charge in [-0.25, -0.2) is 0 Å². The zero-order chi connectivity index (χ0) is 31.2. The van der Waals surface area contributed by atoms with Gasteiger partial charge in [0.05, 0.1) is 18.8 Å². The molecule has 4 aromatic carbocycles. The summed E-state index contributed by atoms with van der Waals surface area (Å²) >= 11 is 1.43. The number of thioether (sulfide) groups is 1. The third kappa shape index (κ3) is 7.84. The summed E-state index contributed by atoms with van der Waals surface area (Å²) in [5.74, 6) is -0.467. The fraction of sp³-hybridized carbons (Fsp3) is 0.286. The predicted octanol–water partition coefficient (Wildman–Crippen LogP) is 7.49. The SMILES string of the molecule is O=C(CO[C@H]1[C@@H](OCc2ccccc2)[C@@H]2OC(c3ccccc3)OC[C@H]2O[C@@H]1Sc1ccccc1)c1ccc(C(F)(F)F)cc1. The summed E-state index contributed by atoms with van der Waals surface area (Å²) in [4.78, 5) is 14.1. The second-order valence-electron chi connectivity index (χ2n) is 10.7. The number of carbonyl (C=O) groups is 1. The van der Waals surface area contributed by atoms with Crippen LogP contribution in [0.2, 0.25) is 0 Å². The molecule has 0 aliphatic carbocycles. The van der Waals surface area contributed by atoms with Crippen molar-refractivity contribution in [1.29, 1.82) is 0 Å². The van der Waals surface area contributed by atoms with Crippen LogP contribution in [0, 0.1) is 0 Å². The Labute approximate surface area is 263 Å². The number of hydrogen-bond acceptors (Lipinski definition) is 7. The van der Waals surface area contributed by atoms with Gasteiger partial charge in [-0.2, -0.15) is 13.2 Å². The molecular formula is C35H31F3O6S. The molecule has 0 saturated carbocycles. The summed E-state index contributed by atoms with van der Waals surface area (Å²) in [5, 5.41) is 0. The summed E-state index contributed by atoms with van der Waals surface area (Å²) in [6, 6.07) is 33.0. The molecular weight excluding hydrogens is 605 g/mol. The fourth-order valence-corrected chi connectivity index (χ4v) is 6.44. The van der Waals surface area contributed by atoms with Crippen molar-refractivity contribution in [2.75, 3.05) is 13.2 Å². The van der Waals surface area contributed by atoms with Crippen LogP contribution < -0.4 is 0 Å². The maximum absolute atomic E-state index is 13.2. The van der Waals surface area contributed by atoms with E-state index >= 15 is 0 Å². The number of hydrogen-bond donors (Lipinski definition) is 0. The number of alkyl halides is 3. The fourth-order valence-electron chi connectivity index (χ4n) is 5.29. The second kappa shape index (κ2) is 14.3. The first kappa shape index (κ1) is 31.5. The lowest BCUT2D eigenvalue weighted by molar-refractivity contribution is -0.328. The second-order valence-corrected chi connectivity index (χ2v) is 11.9. The molecule has 0 amide bonds. The average molecular weight is 637 g/mol. The number of rotatable bonds is 10. The van der Waals surface area contributed by atoms with Crippen molar-refractivity contribution in [3.05, 3.63) is 138 Å². The highest BCUT2D eigenvalue weighted by Crippen LogP contribution is 2.41. The number of Topliss-reactive ketones (excluding diaryl/α,β-unsaturated/α-hetero) is 1. The maximum atomic E-state index is 13.2. The minimum absolute atomic E-state index is 0.109. The first-order chi connectivity index (χ1) is 21.8. The van der Waals surface area contributed by atoms with E-state index in [1.165, 1.54) is 11.8 Å². The topological polar surface area (TPSA) is 63.2 Å². The Morgan fingerprint density at radius 3 is 2.09 bits per heavy atom. The third-order valence-corrected chi connectivity index (χ3v) is 8.73. The predicted molar refractivity (Wildman–Crippen MR) is 162 cm³/mol. The average Bonchev–Trinajstić information content (AvgIpc) is 3.07. The van der Waals surface area contributed by atoms with Crippen LogP contribution in [0.25, 0.3) is 0 Å². The lowest BCUT2D eigenvalue weighted by atomic mass is 9.98. The minimum Gasteiger partial charge on any atom is -0.368 e. The Morgan fingerprint density at radius 2 is 1.42 bits per heavy atom. The van der Waals surface area contributed by atoms with Crippen LogP contribution in [0.5, 0.6) is 0 Å². The van der Waals surface area contributed by atoms with Crippen molar-refractivity contribution in [2.45, 2.75) is 53.8 Å². The van der Waals surface area contributed by atoms with E-state index in [9.17, 15) is 18.0 Å². The summed E-state index contributed by atoms with van der Waals surface area (Å²) in [6.07, 6.45) is -7.72. The van der Waals surface area contributed by atoms with Crippen molar-refractivity contribution < 1.29 is 41.7 Å². The Hall–Kier alpha value is -3.51. The van der Waals surface area contributed by atoms with Gasteiger partial charge in [0.15, 0.2) is 12.1 Å². The molecule has 4 aromatic rings. The lowest BCUT2D eigenvalue weighted by Crippen LogP contribution is -2.62. The highest BCUT2D eigenvalue weighted by molar-refractivity contribution is 7.99. The third-order valence-electron chi connectivity index (χ3n) is 7.58. The van der Waals surface area contributed by atoms with Gasteiger partial charge in [0, 0.05) is 16.0 Å². The van der Waals surface area contributed by atoms with E-state index in [0.717, 1.165) is 40.3 Å². The van der Waals surface area contributed by atoms with Gasteiger partial charge in [0.25, 0.3) is 0 Å². The van der Waals surface area contributed by atoms with Gasteiger partial charge in [-0.3, -0.25) is 4.79 Å². The lowest BCUT2D eigenvalue weighted by Gasteiger charge is -2.49. The Morgan fingerprint density at radius 1 is 0.778 bits per heavy atom. The summed E-state index contributed by atoms with van der Waals surface area (Å²) in [6.45, 7) is 0.106. The Bertz CT molecular complexity index is 1520. The zero-order valence-corrected chi connectivity index (χ0v) is 24.9. The molecule has 6 atom stereocenters. The van der Waals surface area contributed by atoms with Gasteiger partial charge in [0.1, 0.15) is 36.5 Å². The van der Waals surface area contributed by atoms with E-state index in [2.05, 4.69) is 0 Å². The van der Waals surface area contributed by atoms with Crippen LogP contribution in [0.4, 0.5) is 13.2 Å². The van der Waals surface area contributed by atoms with E-state index in [0.29, 0.717) is 0 Å². The molecule has 10 heteroatoms. The van der Waals surface area contributed by atoms with Crippen LogP contribution in [-0.2, 0) is 36.5 Å². The van der Waals surface area contributed by atoms with Crippen LogP contribution in [0.3, 0.4) is 0 Å². The van der Waals surface area contributed by atoms with Crippen molar-refractivity contribution in [3.8, 4) is 0 Å². The van der Waals surface area contributed by atoms with Crippen molar-refractivity contribution in [2.24, 2.45) is 0 Å². The monoisotopic (exact) mass is 636 g/mol. The molecule has 45 heavy (non-hydrogen) atoms. The number of fused-ring (bicyclic) bond motifs is 1. The van der Waals surface area contributed by atoms with Crippen molar-refractivity contribution in [1.82, 2.24) is 0 Å². The molecule has 2 saturated heterocycles. The standard InChI is InChI=1S/C35H31F3O6S/c36-35(37,38)26-18-16-24(17-19-26)28(39)21-41-32-31(40-20-23-10-4-1-5-11-23)30-29(43-34(32)45-27-14-8-3-9-15-27)22-42-33(44-30)25-12-6-2-7-13-25/h1-19,29-34H,20-22H2/t29-,30-,31+,32+,33?,34-/m1/s1. The van der Waals surface area contributed by atoms with Gasteiger partial charge in [0.2, 0.25) is 0 Å². The van der Waals surface area contributed by atoms with Crippen LogP contribution in [0.15, 0.2) is 120 Å². The molecule has 6 nitrogen and oxygen atoms in total. The quantitative estimate of drug-likeness (QED) is 0.167.